The van der Waals surface area contributed by atoms with E-state index >= 15 is 0 Å². The highest BCUT2D eigenvalue weighted by Gasteiger charge is 2.23. The molecule has 34 heavy (non-hydrogen) atoms. The predicted octanol–water partition coefficient (Wildman–Crippen LogP) is 5.53. The number of thiazole rings is 1. The number of amides is 2. The minimum absolute atomic E-state index is 0.0364. The summed E-state index contributed by atoms with van der Waals surface area (Å²) in [4.78, 5) is 32.9. The Bertz CT molecular complexity index is 1180. The number of aryl methyl sites for hydroxylation is 2. The number of carbonyl (C=O) groups excluding carboxylic acids is 2. The molecule has 4 rings (SSSR count). The highest BCUT2D eigenvalue weighted by molar-refractivity contribution is 7.14. The second-order valence-electron chi connectivity index (χ2n) is 8.47. The van der Waals surface area contributed by atoms with Crippen LogP contribution in [0.25, 0.3) is 6.08 Å². The van der Waals surface area contributed by atoms with Crippen LogP contribution in [0.4, 0.5) is 10.8 Å². The maximum absolute atomic E-state index is 12.7. The minimum Gasteiger partial charge on any atom is -0.490 e. The molecule has 0 spiro atoms. The number of hydrogen-bond acceptors (Lipinski definition) is 5. The fourth-order valence-corrected chi connectivity index (χ4v) is 4.75. The Kier molecular flexibility index (Phi) is 7.43. The summed E-state index contributed by atoms with van der Waals surface area (Å²) in [5.74, 6) is 0.742. The maximum Gasteiger partial charge on any atom is 0.246 e. The molecule has 0 N–H and O–H groups in total. The molecular weight excluding hydrogens is 446 g/mol. The Morgan fingerprint density at radius 1 is 1.09 bits per heavy atom. The SMILES string of the molecule is CC(=O)N(c1ccccc1)c1nc(/C=C/C(=O)N2CCC(Oc3ccc(C)c(C)c3)CC2)cs1. The summed E-state index contributed by atoms with van der Waals surface area (Å²) in [6.07, 6.45) is 5.00. The number of anilines is 2. The van der Waals surface area contributed by atoms with E-state index in [0.717, 1.165) is 24.3 Å². The van der Waals surface area contributed by atoms with E-state index in [1.54, 1.807) is 17.1 Å². The molecular formula is C27H29N3O3S. The van der Waals surface area contributed by atoms with Crippen molar-refractivity contribution in [3.05, 3.63) is 76.8 Å². The third-order valence-corrected chi connectivity index (χ3v) is 6.81. The van der Waals surface area contributed by atoms with Crippen LogP contribution in [-0.2, 0) is 9.59 Å². The van der Waals surface area contributed by atoms with Gasteiger partial charge in [0, 0.05) is 44.3 Å². The van der Waals surface area contributed by atoms with Gasteiger partial charge in [-0.25, -0.2) is 4.98 Å². The van der Waals surface area contributed by atoms with Crippen LogP contribution in [0, 0.1) is 13.8 Å². The lowest BCUT2D eigenvalue weighted by Gasteiger charge is -2.31. The van der Waals surface area contributed by atoms with Crippen molar-refractivity contribution >= 4 is 40.0 Å². The van der Waals surface area contributed by atoms with Gasteiger partial charge in [-0.1, -0.05) is 24.3 Å². The first-order valence-corrected chi connectivity index (χ1v) is 12.3. The molecule has 0 bridgehead atoms. The van der Waals surface area contributed by atoms with Crippen LogP contribution < -0.4 is 9.64 Å². The van der Waals surface area contributed by atoms with Gasteiger partial charge in [0.15, 0.2) is 5.13 Å². The molecule has 0 unspecified atom stereocenters. The van der Waals surface area contributed by atoms with E-state index in [9.17, 15) is 9.59 Å². The van der Waals surface area contributed by atoms with Crippen LogP contribution in [0.3, 0.4) is 0 Å². The monoisotopic (exact) mass is 475 g/mol. The zero-order valence-electron chi connectivity index (χ0n) is 19.7. The Morgan fingerprint density at radius 2 is 1.82 bits per heavy atom. The lowest BCUT2D eigenvalue weighted by atomic mass is 10.1. The molecule has 3 aromatic rings. The molecule has 1 fully saturated rings. The number of likely N-dealkylation sites (tertiary alicyclic amines) is 1. The first kappa shape index (κ1) is 23.7. The Morgan fingerprint density at radius 3 is 2.50 bits per heavy atom. The van der Waals surface area contributed by atoms with Gasteiger partial charge in [0.2, 0.25) is 11.8 Å². The molecule has 1 aliphatic rings. The van der Waals surface area contributed by atoms with Crippen molar-refractivity contribution in [3.8, 4) is 5.75 Å². The van der Waals surface area contributed by atoms with Crippen molar-refractivity contribution in [2.45, 2.75) is 39.7 Å². The summed E-state index contributed by atoms with van der Waals surface area (Å²) in [6.45, 7) is 7.01. The van der Waals surface area contributed by atoms with E-state index in [1.807, 2.05) is 46.7 Å². The maximum atomic E-state index is 12.7. The summed E-state index contributed by atoms with van der Waals surface area (Å²) in [5, 5.41) is 2.43. The van der Waals surface area contributed by atoms with Crippen molar-refractivity contribution in [1.29, 1.82) is 0 Å². The van der Waals surface area contributed by atoms with E-state index in [4.69, 9.17) is 4.74 Å². The average molecular weight is 476 g/mol. The highest BCUT2D eigenvalue weighted by Crippen LogP contribution is 2.29. The molecule has 1 aliphatic heterocycles. The molecule has 0 radical (unpaired) electrons. The van der Waals surface area contributed by atoms with Gasteiger partial charge < -0.3 is 9.64 Å². The van der Waals surface area contributed by atoms with Crippen LogP contribution in [0.1, 0.15) is 36.6 Å². The van der Waals surface area contributed by atoms with Crippen LogP contribution in [0.15, 0.2) is 60.0 Å². The minimum atomic E-state index is -0.113. The Balaban J connectivity index is 1.32. The van der Waals surface area contributed by atoms with Gasteiger partial charge >= 0.3 is 0 Å². The first-order chi connectivity index (χ1) is 16.4. The molecule has 7 heteroatoms. The number of rotatable bonds is 6. The number of ether oxygens (including phenoxy) is 1. The third-order valence-electron chi connectivity index (χ3n) is 5.96. The summed E-state index contributed by atoms with van der Waals surface area (Å²) < 4.78 is 6.13. The molecule has 0 saturated carbocycles. The number of benzene rings is 2. The van der Waals surface area contributed by atoms with E-state index < -0.39 is 0 Å². The first-order valence-electron chi connectivity index (χ1n) is 11.4. The second kappa shape index (κ2) is 10.7. The lowest BCUT2D eigenvalue weighted by Crippen LogP contribution is -2.41. The van der Waals surface area contributed by atoms with Gasteiger partial charge in [-0.3, -0.25) is 14.5 Å². The second-order valence-corrected chi connectivity index (χ2v) is 9.30. The number of hydrogen-bond donors (Lipinski definition) is 0. The molecule has 176 valence electrons. The Labute approximate surface area is 204 Å². The van der Waals surface area contributed by atoms with Crippen molar-refractivity contribution < 1.29 is 14.3 Å². The van der Waals surface area contributed by atoms with E-state index in [2.05, 4.69) is 31.0 Å². The molecule has 1 aromatic heterocycles. The Hall–Kier alpha value is -3.45. The number of aromatic nitrogens is 1. The molecule has 0 aliphatic carbocycles. The van der Waals surface area contributed by atoms with Crippen LogP contribution in [0.5, 0.6) is 5.75 Å². The predicted molar refractivity (Wildman–Crippen MR) is 137 cm³/mol. The zero-order valence-corrected chi connectivity index (χ0v) is 20.5. The molecule has 2 heterocycles. The molecule has 2 amide bonds. The van der Waals surface area contributed by atoms with Gasteiger partial charge in [0.05, 0.1) is 11.4 Å². The lowest BCUT2D eigenvalue weighted by molar-refractivity contribution is -0.127. The molecule has 0 atom stereocenters. The average Bonchev–Trinajstić information content (AvgIpc) is 3.29. The molecule has 2 aromatic carbocycles. The van der Waals surface area contributed by atoms with E-state index in [1.165, 1.54) is 29.4 Å². The highest BCUT2D eigenvalue weighted by atomic mass is 32.1. The number of piperidine rings is 1. The normalized spacial score (nSPS) is 14.4. The molecule has 6 nitrogen and oxygen atoms in total. The fourth-order valence-electron chi connectivity index (χ4n) is 3.90. The summed E-state index contributed by atoms with van der Waals surface area (Å²) >= 11 is 1.37. The summed E-state index contributed by atoms with van der Waals surface area (Å²) in [7, 11) is 0. The van der Waals surface area contributed by atoms with Gasteiger partial charge in [-0.2, -0.15) is 0 Å². The van der Waals surface area contributed by atoms with Crippen molar-refractivity contribution in [2.24, 2.45) is 0 Å². The van der Waals surface area contributed by atoms with Crippen LogP contribution in [0.2, 0.25) is 0 Å². The van der Waals surface area contributed by atoms with Crippen molar-refractivity contribution in [3.63, 3.8) is 0 Å². The summed E-state index contributed by atoms with van der Waals surface area (Å²) in [6, 6.07) is 15.6. The third kappa shape index (κ3) is 5.72. The zero-order chi connectivity index (χ0) is 24.1. The largest absolute Gasteiger partial charge is 0.490 e. The quantitative estimate of drug-likeness (QED) is 0.440. The van der Waals surface area contributed by atoms with Gasteiger partial charge in [-0.15, -0.1) is 11.3 Å². The topological polar surface area (TPSA) is 62.7 Å². The smallest absolute Gasteiger partial charge is 0.246 e. The van der Waals surface area contributed by atoms with Gasteiger partial charge in [-0.05, 0) is 55.3 Å². The standard InChI is InChI=1S/C27H29N3O3S/c1-19-9-11-25(17-20(19)2)33-24-13-15-29(16-14-24)26(32)12-10-22-18-34-27(28-22)30(21(3)31)23-7-5-4-6-8-23/h4-12,17-18,24H,13-16H2,1-3H3/b12-10+. The number of para-hydroxylation sites is 1. The van der Waals surface area contributed by atoms with Gasteiger partial charge in [0.1, 0.15) is 11.9 Å². The van der Waals surface area contributed by atoms with Crippen molar-refractivity contribution in [1.82, 2.24) is 9.88 Å². The van der Waals surface area contributed by atoms with Gasteiger partial charge in [0.25, 0.3) is 0 Å². The van der Waals surface area contributed by atoms with Crippen LogP contribution >= 0.6 is 11.3 Å². The van der Waals surface area contributed by atoms with Crippen LogP contribution in [-0.4, -0.2) is 40.9 Å². The molecule has 1 saturated heterocycles. The van der Waals surface area contributed by atoms with E-state index in [-0.39, 0.29) is 17.9 Å². The summed E-state index contributed by atoms with van der Waals surface area (Å²) in [5.41, 5.74) is 3.89. The number of nitrogens with zero attached hydrogens (tertiary/aromatic N) is 3. The van der Waals surface area contributed by atoms with E-state index in [0.29, 0.717) is 23.9 Å². The van der Waals surface area contributed by atoms with Crippen molar-refractivity contribution in [2.75, 3.05) is 18.0 Å². The fraction of sp³-hybridized carbons (Fsp3) is 0.296. The number of carbonyl (C=O) groups is 2.